The van der Waals surface area contributed by atoms with Crippen molar-refractivity contribution in [2.75, 3.05) is 39.8 Å². The van der Waals surface area contributed by atoms with Gasteiger partial charge in [0, 0.05) is 13.6 Å². The van der Waals surface area contributed by atoms with Crippen LogP contribution < -0.4 is 5.32 Å². The average Bonchev–Trinajstić information content (AvgIpc) is 2.41. The van der Waals surface area contributed by atoms with Crippen LogP contribution in [0, 0.1) is 11.8 Å². The fraction of sp³-hybridized carbons (Fsp3) is 0.941. The maximum absolute atomic E-state index is 12.0. The van der Waals surface area contributed by atoms with Crippen molar-refractivity contribution in [1.82, 2.24) is 15.1 Å². The van der Waals surface area contributed by atoms with Gasteiger partial charge in [0.25, 0.3) is 0 Å². The van der Waals surface area contributed by atoms with Gasteiger partial charge in [-0.2, -0.15) is 0 Å². The molecular formula is C17H35N3O2. The lowest BCUT2D eigenvalue weighted by atomic mass is 9.96. The van der Waals surface area contributed by atoms with Crippen LogP contribution in [0.2, 0.25) is 0 Å². The molecule has 2 N–H and O–H groups in total. The number of nitrogens with one attached hydrogen (secondary N) is 1. The second-order valence-electron chi connectivity index (χ2n) is 7.82. The largest absolute Gasteiger partial charge is 0.389 e. The average molecular weight is 313 g/mol. The molecule has 0 unspecified atom stereocenters. The lowest BCUT2D eigenvalue weighted by Gasteiger charge is -2.33. The maximum atomic E-state index is 12.0. The number of hydrogen-bond donors (Lipinski definition) is 2. The summed E-state index contributed by atoms with van der Waals surface area (Å²) in [5.74, 6) is 1.35. The van der Waals surface area contributed by atoms with Gasteiger partial charge in [0.05, 0.1) is 12.1 Å². The molecular weight excluding hydrogens is 278 g/mol. The molecule has 22 heavy (non-hydrogen) atoms. The predicted molar refractivity (Wildman–Crippen MR) is 90.9 cm³/mol. The Bertz CT molecular complexity index is 331. The van der Waals surface area contributed by atoms with Crippen molar-refractivity contribution >= 4 is 6.03 Å². The Hall–Kier alpha value is -0.810. The SMILES string of the molecule is CC(C)CCN1CCC(CNC(=O)N(C)CC(C)(C)O)CC1. The molecule has 130 valence electrons. The number of urea groups is 1. The van der Waals surface area contributed by atoms with Gasteiger partial charge >= 0.3 is 6.03 Å². The topological polar surface area (TPSA) is 55.8 Å². The molecule has 0 aromatic heterocycles. The van der Waals surface area contributed by atoms with E-state index in [-0.39, 0.29) is 6.03 Å². The normalized spacial score (nSPS) is 17.8. The van der Waals surface area contributed by atoms with E-state index in [1.165, 1.54) is 13.0 Å². The summed E-state index contributed by atoms with van der Waals surface area (Å²) >= 11 is 0. The zero-order valence-corrected chi connectivity index (χ0v) is 15.1. The molecule has 1 fully saturated rings. The molecule has 0 spiro atoms. The molecule has 0 aliphatic carbocycles. The molecule has 5 nitrogen and oxygen atoms in total. The second kappa shape index (κ2) is 8.73. The van der Waals surface area contributed by atoms with Gasteiger partial charge in [0.2, 0.25) is 0 Å². The number of piperidine rings is 1. The maximum Gasteiger partial charge on any atom is 0.317 e. The van der Waals surface area contributed by atoms with Crippen molar-refractivity contribution in [3.63, 3.8) is 0 Å². The number of rotatable bonds is 7. The summed E-state index contributed by atoms with van der Waals surface area (Å²) < 4.78 is 0. The highest BCUT2D eigenvalue weighted by Gasteiger charge is 2.22. The molecule has 1 aliphatic rings. The van der Waals surface area contributed by atoms with E-state index in [4.69, 9.17) is 0 Å². The summed E-state index contributed by atoms with van der Waals surface area (Å²) in [5, 5.41) is 12.7. The van der Waals surface area contributed by atoms with Crippen molar-refractivity contribution in [1.29, 1.82) is 0 Å². The summed E-state index contributed by atoms with van der Waals surface area (Å²) in [7, 11) is 1.72. The Morgan fingerprint density at radius 1 is 1.36 bits per heavy atom. The molecule has 5 heteroatoms. The number of amides is 2. The van der Waals surface area contributed by atoms with Crippen LogP contribution >= 0.6 is 0 Å². The highest BCUT2D eigenvalue weighted by molar-refractivity contribution is 5.73. The summed E-state index contributed by atoms with van der Waals surface area (Å²) in [4.78, 5) is 16.1. The number of likely N-dealkylation sites (tertiary alicyclic amines) is 1. The first-order chi connectivity index (χ1) is 10.2. The third-order valence-corrected chi connectivity index (χ3v) is 4.24. The van der Waals surface area contributed by atoms with E-state index in [2.05, 4.69) is 24.1 Å². The molecule has 1 saturated heterocycles. The fourth-order valence-corrected chi connectivity index (χ4v) is 2.87. The summed E-state index contributed by atoms with van der Waals surface area (Å²) in [6, 6.07) is -0.0932. The fourth-order valence-electron chi connectivity index (χ4n) is 2.87. The predicted octanol–water partition coefficient (Wildman–Crippen LogP) is 2.16. The standard InChI is InChI=1S/C17H35N3O2/c1-14(2)6-9-20-10-7-15(8-11-20)12-18-16(21)19(5)13-17(3,4)22/h14-15,22H,6-13H2,1-5H3,(H,18,21). The molecule has 2 amide bonds. The summed E-state index contributed by atoms with van der Waals surface area (Å²) in [6.07, 6.45) is 3.59. The zero-order chi connectivity index (χ0) is 16.8. The van der Waals surface area contributed by atoms with E-state index in [9.17, 15) is 9.90 Å². The number of carbonyl (C=O) groups excluding carboxylic acids is 1. The molecule has 0 saturated carbocycles. The van der Waals surface area contributed by atoms with Crippen LogP contribution in [0.4, 0.5) is 4.79 Å². The highest BCUT2D eigenvalue weighted by Crippen LogP contribution is 2.17. The number of nitrogens with zero attached hydrogens (tertiary/aromatic N) is 2. The van der Waals surface area contributed by atoms with Crippen molar-refractivity contribution < 1.29 is 9.90 Å². The molecule has 1 rings (SSSR count). The van der Waals surface area contributed by atoms with Crippen LogP contribution in [-0.2, 0) is 0 Å². The first-order valence-electron chi connectivity index (χ1n) is 8.61. The van der Waals surface area contributed by atoms with Crippen LogP contribution in [0.25, 0.3) is 0 Å². The summed E-state index contributed by atoms with van der Waals surface area (Å²) in [6.45, 7) is 12.5. The summed E-state index contributed by atoms with van der Waals surface area (Å²) in [5.41, 5.74) is -0.853. The molecule has 1 heterocycles. The van der Waals surface area contributed by atoms with Crippen LogP contribution in [-0.4, -0.2) is 66.3 Å². The Kier molecular flexibility index (Phi) is 7.63. The van der Waals surface area contributed by atoms with Crippen molar-refractivity contribution in [3.05, 3.63) is 0 Å². The zero-order valence-electron chi connectivity index (χ0n) is 15.1. The number of hydrogen-bond acceptors (Lipinski definition) is 3. The van der Waals surface area contributed by atoms with Crippen LogP contribution in [0.5, 0.6) is 0 Å². The first-order valence-corrected chi connectivity index (χ1v) is 8.61. The van der Waals surface area contributed by atoms with E-state index in [1.807, 2.05) is 0 Å². The van der Waals surface area contributed by atoms with Gasteiger partial charge in [0.15, 0.2) is 0 Å². The molecule has 0 aromatic rings. The van der Waals surface area contributed by atoms with Crippen LogP contribution in [0.3, 0.4) is 0 Å². The minimum atomic E-state index is -0.853. The third kappa shape index (κ3) is 7.99. The van der Waals surface area contributed by atoms with Crippen LogP contribution in [0.1, 0.15) is 47.0 Å². The Morgan fingerprint density at radius 3 is 2.45 bits per heavy atom. The Morgan fingerprint density at radius 2 is 1.95 bits per heavy atom. The number of likely N-dealkylation sites (N-methyl/N-ethyl adjacent to an activating group) is 1. The molecule has 0 bridgehead atoms. The Labute approximate surface area is 136 Å². The second-order valence-corrected chi connectivity index (χ2v) is 7.82. The number of aliphatic hydroxyl groups is 1. The van der Waals surface area contributed by atoms with E-state index >= 15 is 0 Å². The van der Waals surface area contributed by atoms with E-state index in [0.29, 0.717) is 12.5 Å². The Balaban J connectivity index is 2.20. The van der Waals surface area contributed by atoms with Gasteiger partial charge in [-0.1, -0.05) is 13.8 Å². The van der Waals surface area contributed by atoms with Gasteiger partial charge in [-0.25, -0.2) is 4.79 Å². The van der Waals surface area contributed by atoms with Crippen molar-refractivity contribution in [2.45, 2.75) is 52.6 Å². The van der Waals surface area contributed by atoms with Crippen LogP contribution in [0.15, 0.2) is 0 Å². The monoisotopic (exact) mass is 313 g/mol. The highest BCUT2D eigenvalue weighted by atomic mass is 16.3. The van der Waals surface area contributed by atoms with Gasteiger partial charge in [-0.3, -0.25) is 0 Å². The number of carbonyl (C=O) groups is 1. The molecule has 1 aliphatic heterocycles. The van der Waals surface area contributed by atoms with Crippen molar-refractivity contribution in [3.8, 4) is 0 Å². The smallest absolute Gasteiger partial charge is 0.317 e. The van der Waals surface area contributed by atoms with Gasteiger partial charge < -0.3 is 20.2 Å². The van der Waals surface area contributed by atoms with E-state index in [1.54, 1.807) is 25.8 Å². The molecule has 0 atom stereocenters. The quantitative estimate of drug-likeness (QED) is 0.757. The van der Waals surface area contributed by atoms with Gasteiger partial charge in [-0.05, 0) is 64.6 Å². The van der Waals surface area contributed by atoms with Gasteiger partial charge in [0.1, 0.15) is 0 Å². The molecule has 0 radical (unpaired) electrons. The van der Waals surface area contributed by atoms with E-state index < -0.39 is 5.60 Å². The van der Waals surface area contributed by atoms with Crippen molar-refractivity contribution in [2.24, 2.45) is 11.8 Å². The minimum absolute atomic E-state index is 0.0932. The first kappa shape index (κ1) is 19.2. The lowest BCUT2D eigenvalue weighted by molar-refractivity contribution is 0.0529. The lowest BCUT2D eigenvalue weighted by Crippen LogP contribution is -2.46. The third-order valence-electron chi connectivity index (χ3n) is 4.24. The minimum Gasteiger partial charge on any atom is -0.389 e. The molecule has 0 aromatic carbocycles. The van der Waals surface area contributed by atoms with Gasteiger partial charge in [-0.15, -0.1) is 0 Å². The van der Waals surface area contributed by atoms with E-state index in [0.717, 1.165) is 38.4 Å².